The van der Waals surface area contributed by atoms with Crippen LogP contribution in [0.4, 0.5) is 0 Å². The molecule has 2 fully saturated rings. The molecule has 2 nitrogen and oxygen atoms in total. The molecule has 1 saturated heterocycles. The molecule has 2 aliphatic rings. The second-order valence-electron chi connectivity index (χ2n) is 5.89. The van der Waals surface area contributed by atoms with Gasteiger partial charge in [-0.3, -0.25) is 4.90 Å². The van der Waals surface area contributed by atoms with Crippen LogP contribution in [0.5, 0.6) is 0 Å². The third-order valence-electron chi connectivity index (χ3n) is 4.77. The first-order valence-electron chi connectivity index (χ1n) is 7.83. The zero-order valence-corrected chi connectivity index (χ0v) is 11.8. The maximum Gasteiger partial charge on any atom is 0.0223 e. The molecule has 17 heavy (non-hydrogen) atoms. The van der Waals surface area contributed by atoms with Crippen LogP contribution in [-0.4, -0.2) is 36.6 Å². The highest BCUT2D eigenvalue weighted by Gasteiger charge is 2.38. The number of rotatable bonds is 6. The van der Waals surface area contributed by atoms with Crippen molar-refractivity contribution in [2.75, 3.05) is 19.6 Å². The van der Waals surface area contributed by atoms with E-state index in [0.29, 0.717) is 0 Å². The van der Waals surface area contributed by atoms with Crippen LogP contribution in [0.2, 0.25) is 0 Å². The normalized spacial score (nSPS) is 31.4. The lowest BCUT2D eigenvalue weighted by Crippen LogP contribution is -2.46. The van der Waals surface area contributed by atoms with Crippen molar-refractivity contribution in [2.45, 2.75) is 70.9 Å². The summed E-state index contributed by atoms with van der Waals surface area (Å²) in [5.74, 6) is 1.03. The third-order valence-corrected chi connectivity index (χ3v) is 4.77. The molecular formula is C15H30N2. The summed E-state index contributed by atoms with van der Waals surface area (Å²) in [7, 11) is 0. The van der Waals surface area contributed by atoms with Gasteiger partial charge in [0.15, 0.2) is 0 Å². The van der Waals surface area contributed by atoms with Crippen molar-refractivity contribution in [1.82, 2.24) is 10.2 Å². The van der Waals surface area contributed by atoms with Gasteiger partial charge in [0.25, 0.3) is 0 Å². The van der Waals surface area contributed by atoms with Crippen molar-refractivity contribution in [3.8, 4) is 0 Å². The minimum absolute atomic E-state index is 0.799. The van der Waals surface area contributed by atoms with Crippen LogP contribution in [0.3, 0.4) is 0 Å². The molecule has 1 aliphatic carbocycles. The summed E-state index contributed by atoms with van der Waals surface area (Å²) in [4.78, 5) is 2.86. The second-order valence-corrected chi connectivity index (χ2v) is 5.89. The average Bonchev–Trinajstić information content (AvgIpc) is 2.78. The molecule has 1 heterocycles. The van der Waals surface area contributed by atoms with Gasteiger partial charge in [0.1, 0.15) is 0 Å². The van der Waals surface area contributed by atoms with Gasteiger partial charge in [0.05, 0.1) is 0 Å². The van der Waals surface area contributed by atoms with Crippen molar-refractivity contribution in [1.29, 1.82) is 0 Å². The number of nitrogens with one attached hydrogen (secondary N) is 1. The first kappa shape index (κ1) is 13.4. The van der Waals surface area contributed by atoms with Crippen molar-refractivity contribution >= 4 is 0 Å². The van der Waals surface area contributed by atoms with E-state index in [2.05, 4.69) is 24.1 Å². The molecule has 3 atom stereocenters. The lowest BCUT2D eigenvalue weighted by atomic mass is 9.85. The molecule has 0 aromatic heterocycles. The van der Waals surface area contributed by atoms with Gasteiger partial charge < -0.3 is 5.32 Å². The van der Waals surface area contributed by atoms with Gasteiger partial charge in [-0.1, -0.05) is 33.1 Å². The zero-order chi connectivity index (χ0) is 12.1. The summed E-state index contributed by atoms with van der Waals surface area (Å²) in [6.45, 7) is 8.23. The molecule has 1 aliphatic heterocycles. The standard InChI is InChI=1S/C15H30N2/c1-3-7-14(12-16-4-2)17-11-10-13-8-5-6-9-15(13)17/h13-16H,3-12H2,1-2H3. The minimum Gasteiger partial charge on any atom is -0.315 e. The molecule has 0 radical (unpaired) electrons. The molecule has 0 amide bonds. The number of hydrogen-bond acceptors (Lipinski definition) is 2. The highest BCUT2D eigenvalue weighted by Crippen LogP contribution is 2.37. The molecule has 2 rings (SSSR count). The van der Waals surface area contributed by atoms with E-state index in [0.717, 1.165) is 24.5 Å². The third kappa shape index (κ3) is 3.23. The monoisotopic (exact) mass is 238 g/mol. The number of likely N-dealkylation sites (N-methyl/N-ethyl adjacent to an activating group) is 1. The van der Waals surface area contributed by atoms with Crippen molar-refractivity contribution in [3.05, 3.63) is 0 Å². The number of nitrogens with zero attached hydrogens (tertiary/aromatic N) is 1. The Hall–Kier alpha value is -0.0800. The van der Waals surface area contributed by atoms with E-state index in [1.807, 2.05) is 0 Å². The Morgan fingerprint density at radius 3 is 2.76 bits per heavy atom. The van der Waals surface area contributed by atoms with Crippen molar-refractivity contribution < 1.29 is 0 Å². The molecule has 0 spiro atoms. The summed E-state index contributed by atoms with van der Waals surface area (Å²) in [6, 6.07) is 1.73. The fourth-order valence-electron chi connectivity index (χ4n) is 3.92. The van der Waals surface area contributed by atoms with E-state index < -0.39 is 0 Å². The predicted octanol–water partition coefficient (Wildman–Crippen LogP) is 3.03. The first-order chi connectivity index (χ1) is 8.36. The van der Waals surface area contributed by atoms with Crippen LogP contribution >= 0.6 is 0 Å². The van der Waals surface area contributed by atoms with Gasteiger partial charge in [-0.15, -0.1) is 0 Å². The molecule has 1 saturated carbocycles. The molecular weight excluding hydrogens is 208 g/mol. The topological polar surface area (TPSA) is 15.3 Å². The first-order valence-corrected chi connectivity index (χ1v) is 7.83. The fraction of sp³-hybridized carbons (Fsp3) is 1.00. The Balaban J connectivity index is 1.92. The average molecular weight is 238 g/mol. The van der Waals surface area contributed by atoms with Crippen LogP contribution in [0.25, 0.3) is 0 Å². The molecule has 1 N–H and O–H groups in total. The van der Waals surface area contributed by atoms with E-state index in [4.69, 9.17) is 0 Å². The van der Waals surface area contributed by atoms with Gasteiger partial charge >= 0.3 is 0 Å². The van der Waals surface area contributed by atoms with Gasteiger partial charge in [-0.25, -0.2) is 0 Å². The number of hydrogen-bond donors (Lipinski definition) is 1. The van der Waals surface area contributed by atoms with E-state index in [1.54, 1.807) is 0 Å². The number of likely N-dealkylation sites (tertiary alicyclic amines) is 1. The van der Waals surface area contributed by atoms with E-state index in [9.17, 15) is 0 Å². The fourth-order valence-corrected chi connectivity index (χ4v) is 3.92. The van der Waals surface area contributed by atoms with E-state index in [1.165, 1.54) is 58.0 Å². The highest BCUT2D eigenvalue weighted by molar-refractivity contribution is 4.93. The van der Waals surface area contributed by atoms with E-state index >= 15 is 0 Å². The zero-order valence-electron chi connectivity index (χ0n) is 11.8. The van der Waals surface area contributed by atoms with Crippen LogP contribution in [0, 0.1) is 5.92 Å². The van der Waals surface area contributed by atoms with Crippen LogP contribution in [-0.2, 0) is 0 Å². The Bertz CT molecular complexity index is 217. The Labute approximate surface area is 107 Å². The molecule has 0 aromatic carbocycles. The Morgan fingerprint density at radius 1 is 1.18 bits per heavy atom. The Morgan fingerprint density at radius 2 is 2.00 bits per heavy atom. The van der Waals surface area contributed by atoms with Gasteiger partial charge in [0.2, 0.25) is 0 Å². The van der Waals surface area contributed by atoms with Crippen molar-refractivity contribution in [2.24, 2.45) is 5.92 Å². The van der Waals surface area contributed by atoms with Crippen LogP contribution in [0.1, 0.15) is 58.8 Å². The minimum atomic E-state index is 0.799. The lowest BCUT2D eigenvalue weighted by Gasteiger charge is -2.37. The lowest BCUT2D eigenvalue weighted by molar-refractivity contribution is 0.124. The van der Waals surface area contributed by atoms with Gasteiger partial charge in [-0.2, -0.15) is 0 Å². The van der Waals surface area contributed by atoms with Crippen LogP contribution in [0.15, 0.2) is 0 Å². The maximum atomic E-state index is 3.56. The SMILES string of the molecule is CCCC(CNCC)N1CCC2CCCCC21. The van der Waals surface area contributed by atoms with Crippen molar-refractivity contribution in [3.63, 3.8) is 0 Å². The summed E-state index contributed by atoms with van der Waals surface area (Å²) < 4.78 is 0. The summed E-state index contributed by atoms with van der Waals surface area (Å²) >= 11 is 0. The van der Waals surface area contributed by atoms with Gasteiger partial charge in [0, 0.05) is 18.6 Å². The smallest absolute Gasteiger partial charge is 0.0223 e. The maximum absolute atomic E-state index is 3.56. The van der Waals surface area contributed by atoms with Crippen LogP contribution < -0.4 is 5.32 Å². The molecule has 3 unspecified atom stereocenters. The molecule has 100 valence electrons. The quantitative estimate of drug-likeness (QED) is 0.765. The summed E-state index contributed by atoms with van der Waals surface area (Å²) in [5.41, 5.74) is 0. The predicted molar refractivity (Wildman–Crippen MR) is 74.3 cm³/mol. The highest BCUT2D eigenvalue weighted by atomic mass is 15.2. The summed E-state index contributed by atoms with van der Waals surface area (Å²) in [6.07, 6.45) is 10.1. The Kier molecular flexibility index (Phi) is 5.30. The summed E-state index contributed by atoms with van der Waals surface area (Å²) in [5, 5.41) is 3.56. The van der Waals surface area contributed by atoms with E-state index in [-0.39, 0.29) is 0 Å². The largest absolute Gasteiger partial charge is 0.315 e. The number of fused-ring (bicyclic) bond motifs is 1. The van der Waals surface area contributed by atoms with Gasteiger partial charge in [-0.05, 0) is 44.7 Å². The molecule has 0 bridgehead atoms. The second kappa shape index (κ2) is 6.75. The molecule has 0 aromatic rings. The molecule has 2 heteroatoms.